The third kappa shape index (κ3) is 5.27. The van der Waals surface area contributed by atoms with Gasteiger partial charge in [-0.25, -0.2) is 22.3 Å². The van der Waals surface area contributed by atoms with Crippen molar-refractivity contribution in [1.29, 1.82) is 0 Å². The van der Waals surface area contributed by atoms with Crippen LogP contribution in [0.5, 0.6) is 0 Å². The maximum Gasteiger partial charge on any atom is 0.337 e. The highest BCUT2D eigenvalue weighted by Crippen LogP contribution is 2.22. The van der Waals surface area contributed by atoms with Crippen molar-refractivity contribution in [2.75, 3.05) is 38.9 Å². The van der Waals surface area contributed by atoms with E-state index in [4.69, 9.17) is 0 Å². The zero-order chi connectivity index (χ0) is 20.2. The highest BCUT2D eigenvalue weighted by atomic mass is 32.2. The van der Waals surface area contributed by atoms with Gasteiger partial charge in [0.2, 0.25) is 15.9 Å². The Labute approximate surface area is 157 Å². The van der Waals surface area contributed by atoms with E-state index in [9.17, 15) is 22.8 Å². The molecule has 1 unspecified atom stereocenters. The van der Waals surface area contributed by atoms with E-state index < -0.39 is 27.9 Å². The first-order valence-corrected chi connectivity index (χ1v) is 10.1. The van der Waals surface area contributed by atoms with E-state index in [0.717, 1.165) is 6.26 Å². The summed E-state index contributed by atoms with van der Waals surface area (Å²) in [5.74, 6) is -2.26. The summed E-state index contributed by atoms with van der Waals surface area (Å²) in [6.07, 6.45) is 2.22. The second kappa shape index (κ2) is 8.49. The molecule has 1 aliphatic rings. The average molecular weight is 398 g/mol. The van der Waals surface area contributed by atoms with Crippen molar-refractivity contribution < 1.29 is 32.3 Å². The number of piperidine rings is 1. The Morgan fingerprint density at radius 2 is 1.63 bits per heavy atom. The number of methoxy groups -OCH3 is 2. The van der Waals surface area contributed by atoms with Crippen LogP contribution in [0.3, 0.4) is 0 Å². The molecular formula is C17H22N2O7S. The average Bonchev–Trinajstić information content (AvgIpc) is 2.65. The van der Waals surface area contributed by atoms with Crippen LogP contribution in [0.4, 0.5) is 5.69 Å². The molecule has 1 fully saturated rings. The zero-order valence-electron chi connectivity index (χ0n) is 15.4. The molecule has 2 rings (SSSR count). The van der Waals surface area contributed by atoms with Crippen LogP contribution < -0.4 is 5.32 Å². The molecule has 1 aromatic carbocycles. The number of hydrogen-bond acceptors (Lipinski definition) is 7. The number of nitrogens with one attached hydrogen (secondary N) is 1. The van der Waals surface area contributed by atoms with E-state index in [1.807, 2.05) is 0 Å². The van der Waals surface area contributed by atoms with E-state index in [1.54, 1.807) is 0 Å². The summed E-state index contributed by atoms with van der Waals surface area (Å²) in [6.45, 7) is 0.470. The number of nitrogens with zero attached hydrogens (tertiary/aromatic N) is 1. The largest absolute Gasteiger partial charge is 0.465 e. The summed E-state index contributed by atoms with van der Waals surface area (Å²) in [4.78, 5) is 36.2. The zero-order valence-corrected chi connectivity index (χ0v) is 16.2. The molecule has 1 aromatic rings. The summed E-state index contributed by atoms with van der Waals surface area (Å²) in [6, 6.07) is 4.07. The second-order valence-electron chi connectivity index (χ2n) is 6.23. The quantitative estimate of drug-likeness (QED) is 0.731. The Morgan fingerprint density at radius 1 is 1.07 bits per heavy atom. The van der Waals surface area contributed by atoms with Crippen LogP contribution in [0.2, 0.25) is 0 Å². The third-order valence-electron chi connectivity index (χ3n) is 4.27. The molecule has 0 radical (unpaired) electrons. The molecule has 1 aliphatic heterocycles. The first-order chi connectivity index (χ1) is 12.7. The van der Waals surface area contributed by atoms with Crippen molar-refractivity contribution in [2.24, 2.45) is 5.92 Å². The number of carbonyl (C=O) groups excluding carboxylic acids is 3. The molecule has 1 saturated heterocycles. The molecule has 1 heterocycles. The topological polar surface area (TPSA) is 119 Å². The lowest BCUT2D eigenvalue weighted by molar-refractivity contribution is -0.120. The van der Waals surface area contributed by atoms with Crippen LogP contribution in [-0.2, 0) is 24.3 Å². The monoisotopic (exact) mass is 398 g/mol. The van der Waals surface area contributed by atoms with Gasteiger partial charge in [0.05, 0.1) is 37.5 Å². The fourth-order valence-corrected chi connectivity index (χ4v) is 3.78. The van der Waals surface area contributed by atoms with Gasteiger partial charge in [0.1, 0.15) is 0 Å². The van der Waals surface area contributed by atoms with Crippen molar-refractivity contribution in [3.05, 3.63) is 29.3 Å². The minimum absolute atomic E-state index is 0.0807. The molecule has 0 aliphatic carbocycles. The highest BCUT2D eigenvalue weighted by Gasteiger charge is 2.30. The van der Waals surface area contributed by atoms with Crippen LogP contribution in [0.1, 0.15) is 33.6 Å². The Balaban J connectivity index is 2.23. The summed E-state index contributed by atoms with van der Waals surface area (Å²) in [5.41, 5.74) is 0.383. The second-order valence-corrected chi connectivity index (χ2v) is 8.21. The number of anilines is 1. The minimum atomic E-state index is -3.38. The molecule has 148 valence electrons. The number of benzene rings is 1. The molecule has 1 N–H and O–H groups in total. The molecule has 10 heteroatoms. The fraction of sp³-hybridized carbons (Fsp3) is 0.471. The number of rotatable bonds is 5. The number of carbonyl (C=O) groups is 3. The van der Waals surface area contributed by atoms with Gasteiger partial charge in [0.25, 0.3) is 0 Å². The van der Waals surface area contributed by atoms with Crippen molar-refractivity contribution in [3.8, 4) is 0 Å². The Morgan fingerprint density at radius 3 is 2.11 bits per heavy atom. The summed E-state index contributed by atoms with van der Waals surface area (Å²) >= 11 is 0. The predicted molar refractivity (Wildman–Crippen MR) is 96.9 cm³/mol. The molecule has 1 atom stereocenters. The standard InChI is InChI=1S/C17H22N2O7S/c1-25-16(21)12-7-13(17(22)26-2)9-14(8-12)18-15(20)11-5-4-6-19(10-11)27(3,23)24/h7-9,11H,4-6,10H2,1-3H3,(H,18,20). The molecule has 0 aromatic heterocycles. The molecular weight excluding hydrogens is 376 g/mol. The lowest BCUT2D eigenvalue weighted by Gasteiger charge is -2.30. The van der Waals surface area contributed by atoms with Crippen LogP contribution in [-0.4, -0.2) is 64.1 Å². The highest BCUT2D eigenvalue weighted by molar-refractivity contribution is 7.88. The van der Waals surface area contributed by atoms with E-state index in [-0.39, 0.29) is 29.3 Å². The number of ether oxygens (including phenoxy) is 2. The van der Waals surface area contributed by atoms with E-state index in [2.05, 4.69) is 14.8 Å². The van der Waals surface area contributed by atoms with Crippen molar-refractivity contribution in [1.82, 2.24) is 4.31 Å². The normalized spacial score (nSPS) is 17.8. The minimum Gasteiger partial charge on any atom is -0.465 e. The van der Waals surface area contributed by atoms with Crippen LogP contribution in [0, 0.1) is 5.92 Å². The lowest BCUT2D eigenvalue weighted by atomic mass is 9.98. The maximum absolute atomic E-state index is 12.6. The van der Waals surface area contributed by atoms with Crippen molar-refractivity contribution in [3.63, 3.8) is 0 Å². The Bertz CT molecular complexity index is 817. The smallest absolute Gasteiger partial charge is 0.337 e. The Hall–Kier alpha value is -2.46. The van der Waals surface area contributed by atoms with Crippen LogP contribution in [0.25, 0.3) is 0 Å². The SMILES string of the molecule is COC(=O)c1cc(NC(=O)C2CCCN(S(C)(=O)=O)C2)cc(C(=O)OC)c1. The maximum atomic E-state index is 12.6. The molecule has 0 bridgehead atoms. The fourth-order valence-electron chi connectivity index (χ4n) is 2.87. The number of sulfonamides is 1. The van der Waals surface area contributed by atoms with Gasteiger partial charge in [0.15, 0.2) is 0 Å². The van der Waals surface area contributed by atoms with Gasteiger partial charge in [-0.05, 0) is 31.0 Å². The van der Waals surface area contributed by atoms with E-state index in [0.29, 0.717) is 19.4 Å². The summed E-state index contributed by atoms with van der Waals surface area (Å²) in [7, 11) is -0.974. The van der Waals surface area contributed by atoms with Gasteiger partial charge in [-0.15, -0.1) is 0 Å². The van der Waals surface area contributed by atoms with Gasteiger partial charge in [0, 0.05) is 18.8 Å². The molecule has 1 amide bonds. The first-order valence-electron chi connectivity index (χ1n) is 8.23. The Kier molecular flexibility index (Phi) is 6.55. The van der Waals surface area contributed by atoms with E-state index >= 15 is 0 Å². The van der Waals surface area contributed by atoms with Gasteiger partial charge < -0.3 is 14.8 Å². The van der Waals surface area contributed by atoms with Gasteiger partial charge >= 0.3 is 11.9 Å². The third-order valence-corrected chi connectivity index (χ3v) is 5.54. The molecule has 9 nitrogen and oxygen atoms in total. The van der Waals surface area contributed by atoms with Crippen LogP contribution in [0.15, 0.2) is 18.2 Å². The summed E-state index contributed by atoms with van der Waals surface area (Å²) in [5, 5.41) is 2.65. The van der Waals surface area contributed by atoms with Crippen LogP contribution >= 0.6 is 0 Å². The lowest BCUT2D eigenvalue weighted by Crippen LogP contribution is -2.43. The molecule has 0 saturated carbocycles. The predicted octanol–water partition coefficient (Wildman–Crippen LogP) is 0.870. The summed E-state index contributed by atoms with van der Waals surface area (Å²) < 4.78 is 34.0. The number of amides is 1. The van der Waals surface area contributed by atoms with Crippen molar-refractivity contribution >= 4 is 33.6 Å². The van der Waals surface area contributed by atoms with Gasteiger partial charge in [-0.1, -0.05) is 0 Å². The van der Waals surface area contributed by atoms with Gasteiger partial charge in [-0.2, -0.15) is 0 Å². The number of hydrogen-bond donors (Lipinski definition) is 1. The molecule has 0 spiro atoms. The van der Waals surface area contributed by atoms with Gasteiger partial charge in [-0.3, -0.25) is 4.79 Å². The van der Waals surface area contributed by atoms with E-state index in [1.165, 1.54) is 36.7 Å². The number of esters is 2. The van der Waals surface area contributed by atoms with Crippen molar-refractivity contribution in [2.45, 2.75) is 12.8 Å². The first kappa shape index (κ1) is 20.8. The molecule has 27 heavy (non-hydrogen) atoms.